The lowest BCUT2D eigenvalue weighted by Gasteiger charge is -2.26. The van der Waals surface area contributed by atoms with Gasteiger partial charge in [-0.1, -0.05) is 24.3 Å². The van der Waals surface area contributed by atoms with E-state index in [1.165, 1.54) is 36.6 Å². The summed E-state index contributed by atoms with van der Waals surface area (Å²) in [7, 11) is 0. The second-order valence-electron chi connectivity index (χ2n) is 5.03. The third-order valence-electron chi connectivity index (χ3n) is 3.71. The first-order valence-corrected chi connectivity index (χ1v) is 6.78. The fourth-order valence-electron chi connectivity index (χ4n) is 2.71. The Bertz CT molecular complexity index is 551. The summed E-state index contributed by atoms with van der Waals surface area (Å²) >= 11 is 0. The van der Waals surface area contributed by atoms with Crippen LogP contribution in [0.1, 0.15) is 35.7 Å². The lowest BCUT2D eigenvalue weighted by atomic mass is 9.88. The molecule has 3 rings (SSSR count). The fraction of sp³-hybridized carbons (Fsp3) is 0.312. The van der Waals surface area contributed by atoms with Crippen molar-refractivity contribution in [1.82, 2.24) is 10.3 Å². The molecule has 0 amide bonds. The molecule has 0 spiro atoms. The zero-order valence-corrected chi connectivity index (χ0v) is 10.8. The van der Waals surface area contributed by atoms with Gasteiger partial charge in [-0.15, -0.1) is 0 Å². The van der Waals surface area contributed by atoms with Crippen LogP contribution in [0.4, 0.5) is 0 Å². The van der Waals surface area contributed by atoms with E-state index in [0.29, 0.717) is 6.04 Å². The Kier molecular flexibility index (Phi) is 3.47. The summed E-state index contributed by atoms with van der Waals surface area (Å²) in [5, 5.41) is 12.8. The molecule has 2 aromatic rings. The molecule has 1 aromatic carbocycles. The van der Waals surface area contributed by atoms with Gasteiger partial charge in [-0.3, -0.25) is 4.98 Å². The number of nitrogens with one attached hydrogen (secondary N) is 1. The molecule has 3 heteroatoms. The summed E-state index contributed by atoms with van der Waals surface area (Å²) in [5.41, 5.74) is 3.85. The van der Waals surface area contributed by atoms with E-state index in [9.17, 15) is 5.11 Å². The molecule has 1 aromatic heterocycles. The van der Waals surface area contributed by atoms with Crippen molar-refractivity contribution in [2.75, 3.05) is 0 Å². The monoisotopic (exact) mass is 254 g/mol. The van der Waals surface area contributed by atoms with E-state index >= 15 is 0 Å². The molecule has 0 saturated carbocycles. The maximum Gasteiger partial charge on any atom is 0.133 e. The highest BCUT2D eigenvalue weighted by Crippen LogP contribution is 2.29. The number of pyridine rings is 1. The molecule has 1 aliphatic carbocycles. The van der Waals surface area contributed by atoms with Crippen molar-refractivity contribution in [3.05, 3.63) is 59.4 Å². The van der Waals surface area contributed by atoms with Gasteiger partial charge in [-0.05, 0) is 42.5 Å². The van der Waals surface area contributed by atoms with Crippen molar-refractivity contribution in [3.8, 4) is 5.75 Å². The van der Waals surface area contributed by atoms with Crippen LogP contribution in [0.25, 0.3) is 0 Å². The third kappa shape index (κ3) is 2.76. The number of aromatic hydroxyl groups is 1. The normalized spacial score (nSPS) is 18.0. The zero-order valence-electron chi connectivity index (χ0n) is 10.8. The van der Waals surface area contributed by atoms with Crippen LogP contribution in [-0.2, 0) is 13.0 Å². The van der Waals surface area contributed by atoms with Gasteiger partial charge >= 0.3 is 0 Å². The van der Waals surface area contributed by atoms with Crippen LogP contribution in [0.2, 0.25) is 0 Å². The first-order chi connectivity index (χ1) is 9.33. The summed E-state index contributed by atoms with van der Waals surface area (Å²) in [6.45, 7) is 0.735. The molecule has 1 heterocycles. The highest BCUT2D eigenvalue weighted by molar-refractivity contribution is 5.32. The number of aryl methyl sites for hydroxylation is 1. The van der Waals surface area contributed by atoms with E-state index in [4.69, 9.17) is 0 Å². The van der Waals surface area contributed by atoms with E-state index in [0.717, 1.165) is 12.2 Å². The highest BCUT2D eigenvalue weighted by Gasteiger charge is 2.18. The van der Waals surface area contributed by atoms with Crippen LogP contribution >= 0.6 is 0 Å². The summed E-state index contributed by atoms with van der Waals surface area (Å²) in [6, 6.07) is 12.6. The molecule has 1 aliphatic rings. The van der Waals surface area contributed by atoms with Gasteiger partial charge < -0.3 is 10.4 Å². The first kappa shape index (κ1) is 12.2. The fourth-order valence-corrected chi connectivity index (χ4v) is 2.71. The summed E-state index contributed by atoms with van der Waals surface area (Å²) in [4.78, 5) is 4.21. The average molecular weight is 254 g/mol. The van der Waals surface area contributed by atoms with E-state index in [1.807, 2.05) is 6.07 Å². The molecule has 0 saturated heterocycles. The van der Waals surface area contributed by atoms with Crippen LogP contribution in [0.5, 0.6) is 5.75 Å². The number of rotatable bonds is 3. The van der Waals surface area contributed by atoms with Gasteiger partial charge in [-0.2, -0.15) is 0 Å². The van der Waals surface area contributed by atoms with Gasteiger partial charge in [0.05, 0.1) is 11.9 Å². The van der Waals surface area contributed by atoms with E-state index in [2.05, 4.69) is 34.6 Å². The molecule has 98 valence electrons. The van der Waals surface area contributed by atoms with Crippen LogP contribution in [0, 0.1) is 0 Å². The highest BCUT2D eigenvalue weighted by atomic mass is 16.3. The number of benzene rings is 1. The average Bonchev–Trinajstić information content (AvgIpc) is 2.47. The van der Waals surface area contributed by atoms with E-state index in [1.54, 1.807) is 6.07 Å². The Labute approximate surface area is 113 Å². The number of fused-ring (bicyclic) bond motifs is 1. The number of aromatic nitrogens is 1. The number of hydrogen-bond donors (Lipinski definition) is 2. The summed E-state index contributed by atoms with van der Waals surface area (Å²) < 4.78 is 0. The van der Waals surface area contributed by atoms with Crippen LogP contribution in [0.15, 0.2) is 42.6 Å². The Morgan fingerprint density at radius 2 is 2.11 bits per heavy atom. The van der Waals surface area contributed by atoms with Crippen molar-refractivity contribution < 1.29 is 5.11 Å². The minimum absolute atomic E-state index is 0.215. The molecular formula is C16H18N2O. The zero-order chi connectivity index (χ0) is 13.1. The largest absolute Gasteiger partial charge is 0.506 e. The van der Waals surface area contributed by atoms with Crippen molar-refractivity contribution in [2.45, 2.75) is 31.8 Å². The minimum Gasteiger partial charge on any atom is -0.506 e. The van der Waals surface area contributed by atoms with Gasteiger partial charge in [0.2, 0.25) is 0 Å². The van der Waals surface area contributed by atoms with E-state index in [-0.39, 0.29) is 5.75 Å². The van der Waals surface area contributed by atoms with Gasteiger partial charge in [0, 0.05) is 12.6 Å². The van der Waals surface area contributed by atoms with Gasteiger partial charge in [-0.25, -0.2) is 0 Å². The van der Waals surface area contributed by atoms with Crippen LogP contribution in [0.3, 0.4) is 0 Å². The van der Waals surface area contributed by atoms with Crippen molar-refractivity contribution in [3.63, 3.8) is 0 Å². The molecule has 1 atom stereocenters. The maximum atomic E-state index is 9.22. The van der Waals surface area contributed by atoms with Crippen molar-refractivity contribution in [1.29, 1.82) is 0 Å². The Morgan fingerprint density at radius 3 is 2.95 bits per heavy atom. The minimum atomic E-state index is 0.215. The van der Waals surface area contributed by atoms with Crippen LogP contribution < -0.4 is 5.32 Å². The molecular weight excluding hydrogens is 236 g/mol. The molecule has 0 bridgehead atoms. The Balaban J connectivity index is 1.69. The quantitative estimate of drug-likeness (QED) is 0.885. The Morgan fingerprint density at radius 1 is 1.21 bits per heavy atom. The first-order valence-electron chi connectivity index (χ1n) is 6.78. The maximum absolute atomic E-state index is 9.22. The number of nitrogens with zero attached hydrogens (tertiary/aromatic N) is 1. The third-order valence-corrected chi connectivity index (χ3v) is 3.71. The van der Waals surface area contributed by atoms with Crippen molar-refractivity contribution >= 4 is 0 Å². The second-order valence-corrected chi connectivity index (χ2v) is 5.03. The summed E-state index contributed by atoms with van der Waals surface area (Å²) in [5.74, 6) is 0.215. The predicted octanol–water partition coefficient (Wildman–Crippen LogP) is 2.95. The molecule has 19 heavy (non-hydrogen) atoms. The van der Waals surface area contributed by atoms with Crippen molar-refractivity contribution in [2.24, 2.45) is 0 Å². The van der Waals surface area contributed by atoms with Crippen LogP contribution in [-0.4, -0.2) is 10.1 Å². The predicted molar refractivity (Wildman–Crippen MR) is 74.9 cm³/mol. The summed E-state index contributed by atoms with van der Waals surface area (Å²) in [6.07, 6.45) is 5.09. The smallest absolute Gasteiger partial charge is 0.133 e. The van der Waals surface area contributed by atoms with Gasteiger partial charge in [0.1, 0.15) is 5.75 Å². The standard InChI is InChI=1S/C16H18N2O/c19-14-9-8-13(17-11-14)10-18-16-7-3-5-12-4-1-2-6-15(12)16/h1-2,4,6,8-9,11,16,18-19H,3,5,7,10H2. The number of hydrogen-bond acceptors (Lipinski definition) is 3. The topological polar surface area (TPSA) is 45.1 Å². The lowest BCUT2D eigenvalue weighted by molar-refractivity contribution is 0.453. The van der Waals surface area contributed by atoms with E-state index < -0.39 is 0 Å². The molecule has 3 nitrogen and oxygen atoms in total. The molecule has 0 fully saturated rings. The molecule has 1 unspecified atom stereocenters. The van der Waals surface area contributed by atoms with Gasteiger partial charge in [0.25, 0.3) is 0 Å². The molecule has 0 radical (unpaired) electrons. The molecule has 2 N–H and O–H groups in total. The van der Waals surface area contributed by atoms with Gasteiger partial charge in [0.15, 0.2) is 0 Å². The second kappa shape index (κ2) is 5.41. The molecule has 0 aliphatic heterocycles. The lowest BCUT2D eigenvalue weighted by Crippen LogP contribution is -2.25. The Hall–Kier alpha value is -1.87. The SMILES string of the molecule is Oc1ccc(CNC2CCCc3ccccc32)nc1.